The smallest absolute Gasteiger partial charge is 0.401 e. The topological polar surface area (TPSA) is 117 Å². The van der Waals surface area contributed by atoms with Gasteiger partial charge in [-0.2, -0.15) is 13.2 Å². The van der Waals surface area contributed by atoms with Crippen molar-refractivity contribution in [3.63, 3.8) is 0 Å². The summed E-state index contributed by atoms with van der Waals surface area (Å²) in [7, 11) is 0. The largest absolute Gasteiger partial charge is 0.475 e. The van der Waals surface area contributed by atoms with Crippen molar-refractivity contribution < 1.29 is 31.6 Å². The van der Waals surface area contributed by atoms with E-state index >= 15 is 0 Å². The first kappa shape index (κ1) is 24.2. The van der Waals surface area contributed by atoms with Crippen LogP contribution >= 0.6 is 0 Å². The first-order valence-electron chi connectivity index (χ1n) is 11.8. The number of anilines is 2. The molecule has 0 radical (unpaired) electrons. The van der Waals surface area contributed by atoms with Crippen LogP contribution in [0.5, 0.6) is 0 Å². The molecular weight excluding hydrogens is 510 g/mol. The number of amides is 1. The molecule has 198 valence electrons. The van der Waals surface area contributed by atoms with E-state index in [0.29, 0.717) is 30.2 Å². The second-order valence-electron chi connectivity index (χ2n) is 9.23. The number of aromatic nitrogens is 3. The van der Waals surface area contributed by atoms with E-state index in [4.69, 9.17) is 9.26 Å². The first-order valence-corrected chi connectivity index (χ1v) is 11.8. The molecule has 0 spiro atoms. The normalized spacial score (nSPS) is 17.8. The van der Waals surface area contributed by atoms with Gasteiger partial charge in [0.1, 0.15) is 17.8 Å². The van der Waals surface area contributed by atoms with E-state index in [1.54, 1.807) is 18.5 Å². The number of hydrogen-bond acceptors (Lipinski definition) is 9. The number of nitrogens with zero attached hydrogens (tertiary/aromatic N) is 4. The van der Waals surface area contributed by atoms with Crippen molar-refractivity contribution in [2.75, 3.05) is 30.3 Å². The Hall–Kier alpha value is -4.20. The average molecular weight is 531 g/mol. The molecule has 4 heterocycles. The third kappa shape index (κ3) is 4.40. The second-order valence-corrected chi connectivity index (χ2v) is 9.23. The minimum atomic E-state index is -4.46. The van der Waals surface area contributed by atoms with Crippen molar-refractivity contribution in [3.8, 4) is 11.1 Å². The van der Waals surface area contributed by atoms with E-state index < -0.39 is 23.3 Å². The maximum Gasteiger partial charge on any atom is 0.401 e. The van der Waals surface area contributed by atoms with Crippen LogP contribution < -0.4 is 16.1 Å². The summed E-state index contributed by atoms with van der Waals surface area (Å²) in [6, 6.07) is 5.41. The molecule has 2 aliphatic heterocycles. The molecular formula is C24H21F4N7O3. The molecule has 10 nitrogen and oxygen atoms in total. The van der Waals surface area contributed by atoms with Gasteiger partial charge in [-0.25, -0.2) is 19.8 Å². The number of carbonyl (C=O) groups excluding carboxylic acids is 1. The highest BCUT2D eigenvalue weighted by Gasteiger charge is 2.66. The van der Waals surface area contributed by atoms with Crippen molar-refractivity contribution in [1.29, 1.82) is 0 Å². The molecule has 2 fully saturated rings. The van der Waals surface area contributed by atoms with E-state index in [2.05, 4.69) is 31.2 Å². The van der Waals surface area contributed by atoms with Gasteiger partial charge in [0, 0.05) is 24.0 Å². The Morgan fingerprint density at radius 3 is 2.66 bits per heavy atom. The molecule has 38 heavy (non-hydrogen) atoms. The van der Waals surface area contributed by atoms with Crippen LogP contribution in [-0.2, 0) is 21.4 Å². The second kappa shape index (κ2) is 8.97. The lowest BCUT2D eigenvalue weighted by Gasteiger charge is -2.14. The van der Waals surface area contributed by atoms with Gasteiger partial charge in [0.05, 0.1) is 25.2 Å². The fourth-order valence-electron chi connectivity index (χ4n) is 4.42. The van der Waals surface area contributed by atoms with Crippen LogP contribution in [-0.4, -0.2) is 51.9 Å². The zero-order valence-electron chi connectivity index (χ0n) is 19.7. The summed E-state index contributed by atoms with van der Waals surface area (Å²) in [4.78, 5) is 21.0. The molecule has 1 saturated carbocycles. The molecule has 0 bridgehead atoms. The zero-order chi connectivity index (χ0) is 26.5. The molecule has 2 aromatic heterocycles. The summed E-state index contributed by atoms with van der Waals surface area (Å²) in [6.07, 6.45) is -1.89. The maximum absolute atomic E-state index is 14.8. The summed E-state index contributed by atoms with van der Waals surface area (Å²) < 4.78 is 64.9. The Morgan fingerprint density at radius 1 is 1.16 bits per heavy atom. The minimum absolute atomic E-state index is 0.0921. The summed E-state index contributed by atoms with van der Waals surface area (Å²) in [5, 5.41) is 10.9. The van der Waals surface area contributed by atoms with Gasteiger partial charge in [-0.05, 0) is 30.0 Å². The van der Waals surface area contributed by atoms with Gasteiger partial charge in [-0.1, -0.05) is 17.3 Å². The summed E-state index contributed by atoms with van der Waals surface area (Å²) >= 11 is 0. The van der Waals surface area contributed by atoms with E-state index in [1.807, 2.05) is 5.01 Å². The summed E-state index contributed by atoms with van der Waals surface area (Å²) in [5.41, 5.74) is 3.14. The van der Waals surface area contributed by atoms with Crippen molar-refractivity contribution in [2.24, 2.45) is 0 Å². The average Bonchev–Trinajstić information content (AvgIpc) is 3.18. The number of hydrogen-bond donors (Lipinski definition) is 3. The molecule has 1 amide bonds. The van der Waals surface area contributed by atoms with Crippen LogP contribution in [0.4, 0.5) is 29.3 Å². The first-order chi connectivity index (χ1) is 18.2. The number of hydrazine groups is 1. The molecule has 3 aromatic rings. The van der Waals surface area contributed by atoms with Crippen LogP contribution in [0, 0.1) is 5.82 Å². The predicted molar refractivity (Wildman–Crippen MR) is 125 cm³/mol. The highest BCUT2D eigenvalue weighted by Crippen LogP contribution is 2.59. The molecule has 6 rings (SSSR count). The van der Waals surface area contributed by atoms with Crippen LogP contribution in [0.1, 0.15) is 24.2 Å². The number of alkyl halides is 3. The van der Waals surface area contributed by atoms with Crippen molar-refractivity contribution in [3.05, 3.63) is 65.4 Å². The lowest BCUT2D eigenvalue weighted by Crippen LogP contribution is -2.29. The monoisotopic (exact) mass is 531 g/mol. The van der Waals surface area contributed by atoms with Crippen molar-refractivity contribution in [2.45, 2.75) is 30.9 Å². The number of carbonyl (C=O) groups is 1. The van der Waals surface area contributed by atoms with E-state index in [1.165, 1.54) is 12.1 Å². The third-order valence-electron chi connectivity index (χ3n) is 6.70. The highest BCUT2D eigenvalue weighted by atomic mass is 19.4. The van der Waals surface area contributed by atoms with Crippen LogP contribution in [0.25, 0.3) is 11.1 Å². The molecule has 1 aliphatic carbocycles. The number of rotatable bonds is 7. The SMILES string of the molecule is O=C(Cc1ccc(-c2cnc(NC3=C4OCCN4NC3)nc2)cc1F)Nc1cc(C2(C(F)(F)F)CC2)on1. The molecule has 1 saturated heterocycles. The Labute approximate surface area is 213 Å². The maximum atomic E-state index is 14.8. The number of fused-ring (bicyclic) bond motifs is 1. The Balaban J connectivity index is 1.08. The summed E-state index contributed by atoms with van der Waals surface area (Å²) in [5.74, 6) is -0.684. The van der Waals surface area contributed by atoms with Gasteiger partial charge in [0.15, 0.2) is 11.6 Å². The number of nitrogens with one attached hydrogen (secondary N) is 3. The van der Waals surface area contributed by atoms with Gasteiger partial charge in [-0.3, -0.25) is 9.80 Å². The predicted octanol–water partition coefficient (Wildman–Crippen LogP) is 3.48. The van der Waals surface area contributed by atoms with Gasteiger partial charge in [0.2, 0.25) is 17.7 Å². The Kier molecular flexibility index (Phi) is 5.70. The standard InChI is InChI=1S/C24H21F4N7O3/c25-16-7-13(15-10-29-22(30-11-15)32-17-12-31-35-5-6-37-21(17)35)1-2-14(16)8-20(36)33-19-9-18(38-34-19)23(3-4-23)24(26,27)28/h1-2,7,9-11,31H,3-6,8,12H2,(H,29,30,32)(H,33,34,36). The Morgan fingerprint density at radius 2 is 1.95 bits per heavy atom. The number of benzene rings is 1. The van der Waals surface area contributed by atoms with Gasteiger partial charge < -0.3 is 19.9 Å². The molecule has 0 unspecified atom stereocenters. The Bertz CT molecular complexity index is 1420. The highest BCUT2D eigenvalue weighted by molar-refractivity contribution is 5.91. The fourth-order valence-corrected chi connectivity index (χ4v) is 4.42. The van der Waals surface area contributed by atoms with Gasteiger partial charge in [0.25, 0.3) is 0 Å². The van der Waals surface area contributed by atoms with Crippen molar-refractivity contribution in [1.82, 2.24) is 25.6 Å². The fraction of sp³-hybridized carbons (Fsp3) is 0.333. The van der Waals surface area contributed by atoms with Crippen molar-refractivity contribution >= 4 is 17.7 Å². The quantitative estimate of drug-likeness (QED) is 0.394. The van der Waals surface area contributed by atoms with E-state index in [-0.39, 0.29) is 36.4 Å². The molecule has 3 N–H and O–H groups in total. The van der Waals surface area contributed by atoms with Crippen LogP contribution in [0.3, 0.4) is 0 Å². The molecule has 0 atom stereocenters. The van der Waals surface area contributed by atoms with Crippen LogP contribution in [0.2, 0.25) is 0 Å². The number of ether oxygens (including phenoxy) is 1. The molecule has 1 aromatic carbocycles. The van der Waals surface area contributed by atoms with Gasteiger partial charge in [-0.15, -0.1) is 0 Å². The minimum Gasteiger partial charge on any atom is -0.475 e. The molecule has 14 heteroatoms. The zero-order valence-corrected chi connectivity index (χ0v) is 19.7. The third-order valence-corrected chi connectivity index (χ3v) is 6.70. The lowest BCUT2D eigenvalue weighted by atomic mass is 10.0. The molecule has 3 aliphatic rings. The van der Waals surface area contributed by atoms with Gasteiger partial charge >= 0.3 is 6.18 Å². The van der Waals surface area contributed by atoms with E-state index in [9.17, 15) is 22.4 Å². The lowest BCUT2D eigenvalue weighted by molar-refractivity contribution is -0.165. The van der Waals surface area contributed by atoms with Crippen LogP contribution in [0.15, 0.2) is 52.8 Å². The summed E-state index contributed by atoms with van der Waals surface area (Å²) in [6.45, 7) is 1.92. The van der Waals surface area contributed by atoms with E-state index in [0.717, 1.165) is 24.2 Å². The number of halogens is 4.